The molecule has 0 aromatic heterocycles. The summed E-state index contributed by atoms with van der Waals surface area (Å²) < 4.78 is 0. The van der Waals surface area contributed by atoms with E-state index in [1.54, 1.807) is 12.2 Å². The predicted molar refractivity (Wildman–Crippen MR) is 87.6 cm³/mol. The number of carbonyl (C=O) groups excluding carboxylic acids is 3. The van der Waals surface area contributed by atoms with E-state index in [2.05, 4.69) is 0 Å². The molecule has 0 saturated heterocycles. The van der Waals surface area contributed by atoms with Crippen molar-refractivity contribution in [1.29, 1.82) is 0 Å². The van der Waals surface area contributed by atoms with E-state index in [1.807, 2.05) is 30.3 Å². The van der Waals surface area contributed by atoms with Crippen molar-refractivity contribution in [2.24, 2.45) is 17.8 Å². The van der Waals surface area contributed by atoms with E-state index in [0.29, 0.717) is 0 Å². The molecule has 4 heteroatoms. The van der Waals surface area contributed by atoms with Crippen molar-refractivity contribution in [2.75, 3.05) is 0 Å². The number of benzene rings is 1. The summed E-state index contributed by atoms with van der Waals surface area (Å²) in [7, 11) is 0. The van der Waals surface area contributed by atoms with Crippen LogP contribution >= 0.6 is 0 Å². The fourth-order valence-electron chi connectivity index (χ4n) is 3.61. The number of aliphatic hydroxyl groups is 1. The molecule has 4 atom stereocenters. The molecule has 0 radical (unpaired) electrons. The number of allylic oxidation sites excluding steroid dienone is 1. The van der Waals surface area contributed by atoms with E-state index in [9.17, 15) is 19.5 Å². The van der Waals surface area contributed by atoms with Gasteiger partial charge in [-0.05, 0) is 26.3 Å². The molecular weight excluding hydrogens is 292 g/mol. The second-order valence-corrected chi connectivity index (χ2v) is 6.52. The summed E-state index contributed by atoms with van der Waals surface area (Å²) in [6.45, 7) is 4.26. The Labute approximate surface area is 136 Å². The first-order chi connectivity index (χ1) is 10.7. The van der Waals surface area contributed by atoms with Crippen molar-refractivity contribution < 1.29 is 19.5 Å². The topological polar surface area (TPSA) is 71.4 Å². The Morgan fingerprint density at radius 2 is 1.78 bits per heavy atom. The Morgan fingerprint density at radius 3 is 2.30 bits per heavy atom. The van der Waals surface area contributed by atoms with Crippen molar-refractivity contribution >= 4 is 23.4 Å². The third-order valence-electron chi connectivity index (χ3n) is 4.51. The van der Waals surface area contributed by atoms with E-state index in [1.165, 1.54) is 20.8 Å². The standard InChI is InChI=1S/C19H22O4/c1-12(20)17-15(10-9-14-7-5-4-6-8-14)18(13(2)21)19(3,23)11-16(17)22/h4-10,15,17-18,23H,11H2,1-3H3/b10-9+/t15-,17+,18+,19+/m1/s1. The van der Waals surface area contributed by atoms with Crippen LogP contribution in [0, 0.1) is 17.8 Å². The van der Waals surface area contributed by atoms with Crippen LogP contribution in [0.5, 0.6) is 0 Å². The maximum atomic E-state index is 12.3. The van der Waals surface area contributed by atoms with Crippen LogP contribution in [-0.2, 0) is 14.4 Å². The second-order valence-electron chi connectivity index (χ2n) is 6.52. The molecule has 1 fully saturated rings. The summed E-state index contributed by atoms with van der Waals surface area (Å²) in [4.78, 5) is 36.4. The lowest BCUT2D eigenvalue weighted by molar-refractivity contribution is -0.153. The Balaban J connectivity index is 2.45. The maximum absolute atomic E-state index is 12.3. The highest BCUT2D eigenvalue weighted by molar-refractivity contribution is 6.04. The van der Waals surface area contributed by atoms with Crippen molar-refractivity contribution in [3.63, 3.8) is 0 Å². The minimum Gasteiger partial charge on any atom is -0.389 e. The van der Waals surface area contributed by atoms with Gasteiger partial charge in [0.25, 0.3) is 0 Å². The highest BCUT2D eigenvalue weighted by Gasteiger charge is 2.52. The first kappa shape index (κ1) is 17.3. The monoisotopic (exact) mass is 314 g/mol. The van der Waals surface area contributed by atoms with Gasteiger partial charge >= 0.3 is 0 Å². The quantitative estimate of drug-likeness (QED) is 0.867. The Hall–Kier alpha value is -2.07. The van der Waals surface area contributed by atoms with Gasteiger partial charge in [-0.25, -0.2) is 0 Å². The summed E-state index contributed by atoms with van der Waals surface area (Å²) in [5.41, 5.74) is -0.518. The second kappa shape index (κ2) is 6.59. The van der Waals surface area contributed by atoms with E-state index in [0.717, 1.165) is 5.56 Å². The molecule has 1 N–H and O–H groups in total. The summed E-state index contributed by atoms with van der Waals surface area (Å²) >= 11 is 0. The zero-order valence-corrected chi connectivity index (χ0v) is 13.7. The summed E-state index contributed by atoms with van der Waals surface area (Å²) in [5, 5.41) is 10.6. The zero-order chi connectivity index (χ0) is 17.2. The smallest absolute Gasteiger partial charge is 0.146 e. The van der Waals surface area contributed by atoms with Crippen molar-refractivity contribution in [3.05, 3.63) is 42.0 Å². The van der Waals surface area contributed by atoms with Crippen LogP contribution in [-0.4, -0.2) is 28.1 Å². The molecule has 0 bridgehead atoms. The largest absolute Gasteiger partial charge is 0.389 e. The third-order valence-corrected chi connectivity index (χ3v) is 4.51. The molecule has 1 aliphatic carbocycles. The van der Waals surface area contributed by atoms with Gasteiger partial charge in [-0.1, -0.05) is 42.5 Å². The van der Waals surface area contributed by atoms with Crippen LogP contribution < -0.4 is 0 Å². The van der Waals surface area contributed by atoms with Crippen LogP contribution in [0.1, 0.15) is 32.8 Å². The summed E-state index contributed by atoms with van der Waals surface area (Å²) in [6, 6.07) is 9.44. The van der Waals surface area contributed by atoms with Crippen LogP contribution in [0.25, 0.3) is 6.08 Å². The molecule has 122 valence electrons. The molecule has 1 aliphatic rings. The van der Waals surface area contributed by atoms with Gasteiger partial charge in [0.15, 0.2) is 0 Å². The van der Waals surface area contributed by atoms with Crippen LogP contribution in [0.4, 0.5) is 0 Å². The number of hydrogen-bond donors (Lipinski definition) is 1. The molecule has 0 aliphatic heterocycles. The average Bonchev–Trinajstić information content (AvgIpc) is 2.43. The normalized spacial score (nSPS) is 31.3. The molecule has 23 heavy (non-hydrogen) atoms. The van der Waals surface area contributed by atoms with Crippen molar-refractivity contribution in [1.82, 2.24) is 0 Å². The minimum absolute atomic E-state index is 0.169. The number of carbonyl (C=O) groups is 3. The Morgan fingerprint density at radius 1 is 1.17 bits per heavy atom. The summed E-state index contributed by atoms with van der Waals surface area (Å²) in [6.07, 6.45) is 3.35. The number of Topliss-reactive ketones (excluding diaryl/α,β-unsaturated/α-hetero) is 3. The van der Waals surface area contributed by atoms with Crippen LogP contribution in [0.15, 0.2) is 36.4 Å². The predicted octanol–water partition coefficient (Wildman–Crippen LogP) is 2.45. The average molecular weight is 314 g/mol. The van der Waals surface area contributed by atoms with Crippen LogP contribution in [0.2, 0.25) is 0 Å². The fraction of sp³-hybridized carbons (Fsp3) is 0.421. The number of rotatable bonds is 4. The first-order valence-corrected chi connectivity index (χ1v) is 7.73. The molecule has 0 spiro atoms. The SMILES string of the molecule is CC(=O)[C@@H]1C(=O)C[C@](C)(O)[C@@H](C(C)=O)[C@@H]1/C=C/c1ccccc1. The van der Waals surface area contributed by atoms with E-state index < -0.39 is 23.4 Å². The van der Waals surface area contributed by atoms with Crippen molar-refractivity contribution in [2.45, 2.75) is 32.8 Å². The van der Waals surface area contributed by atoms with Crippen molar-refractivity contribution in [3.8, 4) is 0 Å². The fourth-order valence-corrected chi connectivity index (χ4v) is 3.61. The highest BCUT2D eigenvalue weighted by atomic mass is 16.3. The van der Waals surface area contributed by atoms with Crippen LogP contribution in [0.3, 0.4) is 0 Å². The summed E-state index contributed by atoms with van der Waals surface area (Å²) in [5.74, 6) is -3.04. The van der Waals surface area contributed by atoms with E-state index in [4.69, 9.17) is 0 Å². The van der Waals surface area contributed by atoms with Gasteiger partial charge in [0.05, 0.1) is 17.4 Å². The molecule has 1 aromatic carbocycles. The molecule has 1 aromatic rings. The van der Waals surface area contributed by atoms with Gasteiger partial charge in [0.1, 0.15) is 17.3 Å². The highest BCUT2D eigenvalue weighted by Crippen LogP contribution is 2.41. The maximum Gasteiger partial charge on any atom is 0.146 e. The molecular formula is C19H22O4. The third kappa shape index (κ3) is 3.64. The first-order valence-electron chi connectivity index (χ1n) is 7.73. The number of ketones is 3. The molecule has 1 saturated carbocycles. The van der Waals surface area contributed by atoms with Gasteiger partial charge in [-0.2, -0.15) is 0 Å². The van der Waals surface area contributed by atoms with Gasteiger partial charge in [0.2, 0.25) is 0 Å². The van der Waals surface area contributed by atoms with Gasteiger partial charge < -0.3 is 5.11 Å². The molecule has 0 amide bonds. The van der Waals surface area contributed by atoms with Gasteiger partial charge in [0, 0.05) is 12.3 Å². The van der Waals surface area contributed by atoms with E-state index in [-0.39, 0.29) is 23.8 Å². The Kier molecular flexibility index (Phi) is 4.95. The molecule has 2 rings (SSSR count). The van der Waals surface area contributed by atoms with Gasteiger partial charge in [-0.3, -0.25) is 14.4 Å². The molecule has 4 nitrogen and oxygen atoms in total. The minimum atomic E-state index is -1.43. The molecule has 0 unspecified atom stereocenters. The molecule has 0 heterocycles. The van der Waals surface area contributed by atoms with E-state index >= 15 is 0 Å². The zero-order valence-electron chi connectivity index (χ0n) is 13.7. The Bertz CT molecular complexity index is 643. The van der Waals surface area contributed by atoms with Gasteiger partial charge in [-0.15, -0.1) is 0 Å². The lowest BCUT2D eigenvalue weighted by Gasteiger charge is -2.42. The lowest BCUT2D eigenvalue weighted by Crippen LogP contribution is -2.54. The lowest BCUT2D eigenvalue weighted by atomic mass is 9.61. The number of hydrogen-bond acceptors (Lipinski definition) is 4.